The van der Waals surface area contributed by atoms with Gasteiger partial charge in [-0.3, -0.25) is 0 Å². The van der Waals surface area contributed by atoms with Gasteiger partial charge in [-0.2, -0.15) is 0 Å². The summed E-state index contributed by atoms with van der Waals surface area (Å²) >= 11 is 11.0. The zero-order chi connectivity index (χ0) is 9.14. The third-order valence-corrected chi connectivity index (χ3v) is 2.12. The number of phenolic OH excluding ortho intramolecular Hbond substituents is 2. The van der Waals surface area contributed by atoms with Crippen LogP contribution >= 0.6 is 23.2 Å². The minimum atomic E-state index is 0.0674. The summed E-state index contributed by atoms with van der Waals surface area (Å²) in [4.78, 5) is 0. The Morgan fingerprint density at radius 1 is 1.00 bits per heavy atom. The van der Waals surface area contributed by atoms with Gasteiger partial charge in [0.2, 0.25) is 0 Å². The van der Waals surface area contributed by atoms with Gasteiger partial charge in [-0.05, 0) is 12.1 Å². The molecule has 1 aromatic rings. The number of halogens is 2. The van der Waals surface area contributed by atoms with Crippen LogP contribution in [-0.2, 0) is 11.8 Å². The van der Waals surface area contributed by atoms with Crippen LogP contribution in [0.1, 0.15) is 11.1 Å². The van der Waals surface area contributed by atoms with Crippen LogP contribution in [0.15, 0.2) is 12.1 Å². The quantitative estimate of drug-likeness (QED) is 0.577. The molecule has 0 heterocycles. The van der Waals surface area contributed by atoms with Crippen LogP contribution in [0.2, 0.25) is 0 Å². The molecular formula is C8H8Cl2O2. The first-order valence-corrected chi connectivity index (χ1v) is 4.41. The van der Waals surface area contributed by atoms with Crippen LogP contribution in [0.3, 0.4) is 0 Å². The van der Waals surface area contributed by atoms with Crippen LogP contribution in [0.4, 0.5) is 0 Å². The third-order valence-electron chi connectivity index (χ3n) is 1.54. The SMILES string of the molecule is Oc1cc(CCl)c(O)c(CCl)c1. The molecule has 0 aliphatic rings. The Bertz CT molecular complexity index is 261. The lowest BCUT2D eigenvalue weighted by molar-refractivity contribution is 0.452. The molecule has 0 spiro atoms. The molecule has 0 atom stereocenters. The molecule has 4 heteroatoms. The minimum absolute atomic E-state index is 0.0674. The molecular weight excluding hydrogens is 199 g/mol. The normalized spacial score (nSPS) is 10.2. The van der Waals surface area contributed by atoms with E-state index < -0.39 is 0 Å². The lowest BCUT2D eigenvalue weighted by Crippen LogP contribution is -1.86. The van der Waals surface area contributed by atoms with E-state index in [1.165, 1.54) is 12.1 Å². The summed E-state index contributed by atoms with van der Waals surface area (Å²) in [6.45, 7) is 0. The van der Waals surface area contributed by atoms with E-state index in [0.29, 0.717) is 11.1 Å². The lowest BCUT2D eigenvalue weighted by Gasteiger charge is -2.05. The average Bonchev–Trinajstić information content (AvgIpc) is 2.08. The largest absolute Gasteiger partial charge is 0.508 e. The summed E-state index contributed by atoms with van der Waals surface area (Å²) in [6.07, 6.45) is 0. The number of benzene rings is 1. The van der Waals surface area contributed by atoms with Gasteiger partial charge in [0.05, 0.1) is 11.8 Å². The maximum atomic E-state index is 9.43. The van der Waals surface area contributed by atoms with Crippen molar-refractivity contribution in [3.05, 3.63) is 23.3 Å². The zero-order valence-electron chi connectivity index (χ0n) is 6.22. The highest BCUT2D eigenvalue weighted by atomic mass is 35.5. The molecule has 0 aliphatic carbocycles. The van der Waals surface area contributed by atoms with Crippen molar-refractivity contribution in [3.8, 4) is 11.5 Å². The van der Waals surface area contributed by atoms with E-state index in [1.54, 1.807) is 0 Å². The van der Waals surface area contributed by atoms with Gasteiger partial charge in [0.15, 0.2) is 0 Å². The Balaban J connectivity index is 3.22. The van der Waals surface area contributed by atoms with E-state index in [0.717, 1.165) is 0 Å². The third kappa shape index (κ3) is 1.76. The number of hydrogen-bond acceptors (Lipinski definition) is 2. The van der Waals surface area contributed by atoms with Crippen molar-refractivity contribution in [2.24, 2.45) is 0 Å². The van der Waals surface area contributed by atoms with Crippen LogP contribution in [-0.4, -0.2) is 10.2 Å². The van der Waals surface area contributed by atoms with Crippen molar-refractivity contribution in [2.45, 2.75) is 11.8 Å². The van der Waals surface area contributed by atoms with E-state index in [-0.39, 0.29) is 23.3 Å². The molecule has 0 fully saturated rings. The number of phenols is 2. The number of aromatic hydroxyl groups is 2. The maximum Gasteiger partial charge on any atom is 0.124 e. The predicted molar refractivity (Wildman–Crippen MR) is 48.9 cm³/mol. The van der Waals surface area contributed by atoms with E-state index in [2.05, 4.69) is 0 Å². The van der Waals surface area contributed by atoms with Gasteiger partial charge in [0.25, 0.3) is 0 Å². The summed E-state index contributed by atoms with van der Waals surface area (Å²) in [7, 11) is 0. The Morgan fingerprint density at radius 2 is 1.42 bits per heavy atom. The van der Waals surface area contributed by atoms with Gasteiger partial charge in [0.1, 0.15) is 11.5 Å². The fraction of sp³-hybridized carbons (Fsp3) is 0.250. The minimum Gasteiger partial charge on any atom is -0.508 e. The molecule has 0 aromatic heterocycles. The van der Waals surface area contributed by atoms with Crippen LogP contribution in [0, 0.1) is 0 Å². The Hall–Kier alpha value is -0.600. The van der Waals surface area contributed by atoms with Gasteiger partial charge in [-0.15, -0.1) is 23.2 Å². The molecule has 0 aliphatic heterocycles. The van der Waals surface area contributed by atoms with Gasteiger partial charge in [-0.1, -0.05) is 0 Å². The molecule has 66 valence electrons. The highest BCUT2D eigenvalue weighted by Gasteiger charge is 2.07. The average molecular weight is 207 g/mol. The first-order chi connectivity index (χ1) is 5.69. The van der Waals surface area contributed by atoms with E-state index in [1.807, 2.05) is 0 Å². The predicted octanol–water partition coefficient (Wildman–Crippen LogP) is 2.58. The Morgan fingerprint density at radius 3 is 1.75 bits per heavy atom. The summed E-state index contributed by atoms with van der Waals surface area (Å²) in [6, 6.07) is 2.83. The van der Waals surface area contributed by atoms with Crippen molar-refractivity contribution in [1.82, 2.24) is 0 Å². The maximum absolute atomic E-state index is 9.43. The second-order valence-electron chi connectivity index (χ2n) is 2.38. The summed E-state index contributed by atoms with van der Waals surface area (Å²) < 4.78 is 0. The Labute approximate surface area is 80.4 Å². The lowest BCUT2D eigenvalue weighted by atomic mass is 10.1. The van der Waals surface area contributed by atoms with Crippen molar-refractivity contribution in [2.75, 3.05) is 0 Å². The number of alkyl halides is 2. The standard InChI is InChI=1S/C8H8Cl2O2/c9-3-5-1-7(11)2-6(4-10)8(5)12/h1-2,11-12H,3-4H2. The molecule has 0 saturated carbocycles. The topological polar surface area (TPSA) is 40.5 Å². The molecule has 1 aromatic carbocycles. The van der Waals surface area contributed by atoms with E-state index in [9.17, 15) is 5.11 Å². The molecule has 0 amide bonds. The monoisotopic (exact) mass is 206 g/mol. The molecule has 2 nitrogen and oxygen atoms in total. The molecule has 0 saturated heterocycles. The van der Waals surface area contributed by atoms with Gasteiger partial charge in [-0.25, -0.2) is 0 Å². The summed E-state index contributed by atoms with van der Waals surface area (Å²) in [5, 5.41) is 18.6. The number of rotatable bonds is 2. The van der Waals surface area contributed by atoms with Gasteiger partial charge >= 0.3 is 0 Å². The fourth-order valence-electron chi connectivity index (χ4n) is 0.945. The summed E-state index contributed by atoms with van der Waals surface area (Å²) in [5.74, 6) is 0.450. The molecule has 12 heavy (non-hydrogen) atoms. The second-order valence-corrected chi connectivity index (χ2v) is 2.91. The first kappa shape index (κ1) is 9.49. The number of hydrogen-bond donors (Lipinski definition) is 2. The highest BCUT2D eigenvalue weighted by Crippen LogP contribution is 2.29. The van der Waals surface area contributed by atoms with E-state index >= 15 is 0 Å². The molecule has 2 N–H and O–H groups in total. The van der Waals surface area contributed by atoms with Crippen molar-refractivity contribution in [3.63, 3.8) is 0 Å². The fourth-order valence-corrected chi connectivity index (χ4v) is 1.35. The molecule has 0 unspecified atom stereocenters. The van der Waals surface area contributed by atoms with Crippen molar-refractivity contribution in [1.29, 1.82) is 0 Å². The zero-order valence-corrected chi connectivity index (χ0v) is 7.73. The van der Waals surface area contributed by atoms with Crippen molar-refractivity contribution < 1.29 is 10.2 Å². The van der Waals surface area contributed by atoms with Crippen molar-refractivity contribution >= 4 is 23.2 Å². The van der Waals surface area contributed by atoms with Crippen LogP contribution in [0.5, 0.6) is 11.5 Å². The molecule has 1 rings (SSSR count). The second kappa shape index (κ2) is 3.87. The highest BCUT2D eigenvalue weighted by molar-refractivity contribution is 6.18. The Kier molecular flexibility index (Phi) is 3.06. The first-order valence-electron chi connectivity index (χ1n) is 3.34. The van der Waals surface area contributed by atoms with Crippen LogP contribution < -0.4 is 0 Å². The van der Waals surface area contributed by atoms with Gasteiger partial charge in [0, 0.05) is 11.1 Å². The molecule has 0 radical (unpaired) electrons. The van der Waals surface area contributed by atoms with Crippen LogP contribution in [0.25, 0.3) is 0 Å². The molecule has 0 bridgehead atoms. The smallest absolute Gasteiger partial charge is 0.124 e. The van der Waals surface area contributed by atoms with Gasteiger partial charge < -0.3 is 10.2 Å². The van der Waals surface area contributed by atoms with E-state index in [4.69, 9.17) is 28.3 Å². The summed E-state index contributed by atoms with van der Waals surface area (Å²) in [5.41, 5.74) is 0.986.